The van der Waals surface area contributed by atoms with Gasteiger partial charge in [0.1, 0.15) is 12.4 Å². The highest BCUT2D eigenvalue weighted by atomic mass is 19.3. The van der Waals surface area contributed by atoms with Crippen LogP contribution in [0.25, 0.3) is 0 Å². The van der Waals surface area contributed by atoms with Crippen LogP contribution in [0.2, 0.25) is 0 Å². The normalized spacial score (nSPS) is 10.1. The van der Waals surface area contributed by atoms with Gasteiger partial charge in [0.2, 0.25) is 0 Å². The van der Waals surface area contributed by atoms with Gasteiger partial charge in [0, 0.05) is 11.8 Å². The fourth-order valence-corrected chi connectivity index (χ4v) is 1.11. The number of alkyl halides is 2. The maximum absolute atomic E-state index is 11.9. The van der Waals surface area contributed by atoms with Crippen molar-refractivity contribution in [1.29, 1.82) is 0 Å². The largest absolute Gasteiger partial charge is 0.488 e. The predicted molar refractivity (Wildman–Crippen MR) is 58.6 cm³/mol. The van der Waals surface area contributed by atoms with Gasteiger partial charge in [-0.05, 0) is 19.1 Å². The summed E-state index contributed by atoms with van der Waals surface area (Å²) in [5.41, 5.74) is 0.426. The summed E-state index contributed by atoms with van der Waals surface area (Å²) >= 11 is 0. The lowest BCUT2D eigenvalue weighted by Gasteiger charge is -2.08. The molecule has 0 aliphatic heterocycles. The standard InChI is InChI=1S/C11H13F2NO3/c1-2-16-11(15)14-8-4-3-5-9(6-8)17-7-10(12)13/h3-6,10H,2,7H2,1H3,(H,14,15). The van der Waals surface area contributed by atoms with E-state index in [1.54, 1.807) is 19.1 Å². The first-order chi connectivity index (χ1) is 8.11. The first-order valence-electron chi connectivity index (χ1n) is 5.06. The number of ether oxygens (including phenoxy) is 2. The van der Waals surface area contributed by atoms with Crippen molar-refractivity contribution < 1.29 is 23.0 Å². The molecule has 0 heterocycles. The minimum Gasteiger partial charge on any atom is -0.488 e. The van der Waals surface area contributed by atoms with E-state index < -0.39 is 19.1 Å². The van der Waals surface area contributed by atoms with Crippen LogP contribution < -0.4 is 10.1 Å². The summed E-state index contributed by atoms with van der Waals surface area (Å²) in [7, 11) is 0. The molecule has 0 aromatic heterocycles. The molecular weight excluding hydrogens is 232 g/mol. The number of benzene rings is 1. The molecule has 0 fully saturated rings. The Labute approximate surface area is 97.5 Å². The molecule has 0 aliphatic rings. The van der Waals surface area contributed by atoms with Crippen molar-refractivity contribution in [3.63, 3.8) is 0 Å². The zero-order chi connectivity index (χ0) is 12.7. The molecule has 0 bridgehead atoms. The molecule has 1 aromatic rings. The molecular formula is C11H13F2NO3. The van der Waals surface area contributed by atoms with E-state index in [0.717, 1.165) is 0 Å². The topological polar surface area (TPSA) is 47.6 Å². The van der Waals surface area contributed by atoms with E-state index in [1.165, 1.54) is 12.1 Å². The summed E-state index contributed by atoms with van der Waals surface area (Å²) in [6.45, 7) is 1.26. The van der Waals surface area contributed by atoms with Gasteiger partial charge in [-0.15, -0.1) is 0 Å². The van der Waals surface area contributed by atoms with Crippen LogP contribution in [0, 0.1) is 0 Å². The summed E-state index contributed by atoms with van der Waals surface area (Å²) in [5, 5.41) is 2.44. The van der Waals surface area contributed by atoms with E-state index in [2.05, 4.69) is 10.1 Å². The molecule has 1 rings (SSSR count). The van der Waals surface area contributed by atoms with Crippen molar-refractivity contribution in [1.82, 2.24) is 0 Å². The van der Waals surface area contributed by atoms with Crippen molar-refractivity contribution in [3.05, 3.63) is 24.3 Å². The molecule has 1 N–H and O–H groups in total. The second-order valence-corrected chi connectivity index (χ2v) is 3.08. The van der Waals surface area contributed by atoms with Crippen LogP contribution in [0.3, 0.4) is 0 Å². The SMILES string of the molecule is CCOC(=O)Nc1cccc(OCC(F)F)c1. The van der Waals surface area contributed by atoms with Crippen LogP contribution in [-0.2, 0) is 4.74 Å². The number of anilines is 1. The molecule has 0 radical (unpaired) electrons. The fourth-order valence-electron chi connectivity index (χ4n) is 1.11. The van der Waals surface area contributed by atoms with Crippen LogP contribution in [-0.4, -0.2) is 25.7 Å². The minimum absolute atomic E-state index is 0.257. The molecule has 0 unspecified atom stereocenters. The smallest absolute Gasteiger partial charge is 0.411 e. The maximum Gasteiger partial charge on any atom is 0.411 e. The van der Waals surface area contributed by atoms with Gasteiger partial charge < -0.3 is 9.47 Å². The van der Waals surface area contributed by atoms with Gasteiger partial charge in [-0.1, -0.05) is 6.07 Å². The number of amides is 1. The summed E-state index contributed by atoms with van der Waals surface area (Å²) in [6.07, 6.45) is -3.13. The second-order valence-electron chi connectivity index (χ2n) is 3.08. The third-order valence-corrected chi connectivity index (χ3v) is 1.73. The van der Waals surface area contributed by atoms with E-state index in [-0.39, 0.29) is 12.4 Å². The maximum atomic E-state index is 11.9. The van der Waals surface area contributed by atoms with Gasteiger partial charge in [0.15, 0.2) is 0 Å². The Hall–Kier alpha value is -1.85. The molecule has 17 heavy (non-hydrogen) atoms. The number of rotatable bonds is 5. The van der Waals surface area contributed by atoms with Gasteiger partial charge in [0.05, 0.1) is 6.61 Å². The van der Waals surface area contributed by atoms with Crippen molar-refractivity contribution in [2.45, 2.75) is 13.3 Å². The third-order valence-electron chi connectivity index (χ3n) is 1.73. The Morgan fingerprint density at radius 1 is 1.47 bits per heavy atom. The molecule has 4 nitrogen and oxygen atoms in total. The Balaban J connectivity index is 2.56. The van der Waals surface area contributed by atoms with Gasteiger partial charge in [-0.3, -0.25) is 5.32 Å². The van der Waals surface area contributed by atoms with Gasteiger partial charge in [0.25, 0.3) is 6.43 Å². The first-order valence-corrected chi connectivity index (χ1v) is 5.06. The second kappa shape index (κ2) is 6.67. The summed E-state index contributed by atoms with van der Waals surface area (Å²) in [5.74, 6) is 0.264. The average Bonchev–Trinajstić information content (AvgIpc) is 2.27. The van der Waals surface area contributed by atoms with Crippen LogP contribution in [0.15, 0.2) is 24.3 Å². The lowest BCUT2D eigenvalue weighted by atomic mass is 10.3. The summed E-state index contributed by atoms with van der Waals surface area (Å²) in [6, 6.07) is 6.16. The van der Waals surface area contributed by atoms with Crippen LogP contribution >= 0.6 is 0 Å². The molecule has 6 heteroatoms. The summed E-state index contributed by atoms with van der Waals surface area (Å²) in [4.78, 5) is 11.1. The van der Waals surface area contributed by atoms with Gasteiger partial charge in [-0.25, -0.2) is 13.6 Å². The lowest BCUT2D eigenvalue weighted by Crippen LogP contribution is -2.13. The summed E-state index contributed by atoms with van der Waals surface area (Å²) < 4.78 is 33.3. The Morgan fingerprint density at radius 2 is 2.24 bits per heavy atom. The zero-order valence-electron chi connectivity index (χ0n) is 9.28. The van der Waals surface area contributed by atoms with E-state index >= 15 is 0 Å². The average molecular weight is 245 g/mol. The molecule has 1 amide bonds. The number of nitrogens with one attached hydrogen (secondary N) is 1. The molecule has 0 saturated carbocycles. The van der Waals surface area contributed by atoms with Crippen LogP contribution in [0.4, 0.5) is 19.3 Å². The van der Waals surface area contributed by atoms with E-state index in [1.807, 2.05) is 0 Å². The number of hydrogen-bond donors (Lipinski definition) is 1. The molecule has 0 atom stereocenters. The van der Waals surface area contributed by atoms with E-state index in [9.17, 15) is 13.6 Å². The van der Waals surface area contributed by atoms with Crippen LogP contribution in [0.1, 0.15) is 6.92 Å². The van der Waals surface area contributed by atoms with Crippen molar-refractivity contribution in [2.75, 3.05) is 18.5 Å². The molecule has 94 valence electrons. The predicted octanol–water partition coefficient (Wildman–Crippen LogP) is 2.90. The number of carbonyl (C=O) groups is 1. The van der Waals surface area contributed by atoms with Crippen molar-refractivity contribution in [3.8, 4) is 5.75 Å². The molecule has 0 aliphatic carbocycles. The molecule has 1 aromatic carbocycles. The Kier molecular flexibility index (Phi) is 5.19. The monoisotopic (exact) mass is 245 g/mol. The van der Waals surface area contributed by atoms with Crippen molar-refractivity contribution >= 4 is 11.8 Å². The highest BCUT2D eigenvalue weighted by Crippen LogP contribution is 2.18. The van der Waals surface area contributed by atoms with Crippen molar-refractivity contribution in [2.24, 2.45) is 0 Å². The van der Waals surface area contributed by atoms with Crippen LogP contribution in [0.5, 0.6) is 5.75 Å². The molecule has 0 saturated heterocycles. The van der Waals surface area contributed by atoms with Gasteiger partial charge in [-0.2, -0.15) is 0 Å². The Morgan fingerprint density at radius 3 is 2.88 bits per heavy atom. The fraction of sp³-hybridized carbons (Fsp3) is 0.364. The quantitative estimate of drug-likeness (QED) is 0.867. The Bertz CT molecular complexity index is 371. The number of halogens is 2. The minimum atomic E-state index is -2.53. The molecule has 0 spiro atoms. The first kappa shape index (κ1) is 13.2. The number of hydrogen-bond acceptors (Lipinski definition) is 3. The van der Waals surface area contributed by atoms with Gasteiger partial charge >= 0.3 is 6.09 Å². The third kappa shape index (κ3) is 5.14. The zero-order valence-corrected chi connectivity index (χ0v) is 9.28. The van der Waals surface area contributed by atoms with E-state index in [4.69, 9.17) is 4.74 Å². The highest BCUT2D eigenvalue weighted by Gasteiger charge is 2.05. The number of carbonyl (C=O) groups excluding carboxylic acids is 1. The lowest BCUT2D eigenvalue weighted by molar-refractivity contribution is 0.0819. The van der Waals surface area contributed by atoms with E-state index in [0.29, 0.717) is 5.69 Å². The highest BCUT2D eigenvalue weighted by molar-refractivity contribution is 5.84.